The van der Waals surface area contributed by atoms with Gasteiger partial charge in [-0.15, -0.1) is 24.4 Å². The van der Waals surface area contributed by atoms with Crippen molar-refractivity contribution in [2.45, 2.75) is 43.4 Å². The summed E-state index contributed by atoms with van der Waals surface area (Å²) in [6.07, 6.45) is 0.737. The molecule has 1 amide bonds. The summed E-state index contributed by atoms with van der Waals surface area (Å²) in [5.74, 6) is 0. The van der Waals surface area contributed by atoms with E-state index in [1.807, 2.05) is 27.7 Å². The van der Waals surface area contributed by atoms with E-state index in [1.54, 1.807) is 16.7 Å². The summed E-state index contributed by atoms with van der Waals surface area (Å²) in [6.45, 7) is 7.79. The Labute approximate surface area is 94.0 Å². The van der Waals surface area contributed by atoms with E-state index in [1.165, 1.54) is 0 Å². The topological polar surface area (TPSA) is 37.4 Å². The van der Waals surface area contributed by atoms with Crippen LogP contribution in [0.2, 0.25) is 0 Å². The van der Waals surface area contributed by atoms with E-state index in [4.69, 9.17) is 0 Å². The van der Waals surface area contributed by atoms with Crippen LogP contribution in [0.15, 0.2) is 0 Å². The molecule has 0 radical (unpaired) electrons. The van der Waals surface area contributed by atoms with Gasteiger partial charge in [0, 0.05) is 4.75 Å². The lowest BCUT2D eigenvalue weighted by Gasteiger charge is -2.30. The number of thiol groups is 1. The minimum Gasteiger partial charge on any atom is -0.319 e. The van der Waals surface area contributed by atoms with Crippen LogP contribution in [0.3, 0.4) is 0 Å². The van der Waals surface area contributed by atoms with Crippen molar-refractivity contribution in [1.82, 2.24) is 4.90 Å². The van der Waals surface area contributed by atoms with Gasteiger partial charge in [0.1, 0.15) is 6.04 Å². The van der Waals surface area contributed by atoms with Crippen LogP contribution < -0.4 is 0 Å². The highest BCUT2D eigenvalue weighted by Gasteiger charge is 2.53. The largest absolute Gasteiger partial charge is 0.319 e. The van der Waals surface area contributed by atoms with Crippen LogP contribution >= 0.6 is 24.4 Å². The molecule has 14 heavy (non-hydrogen) atoms. The second-order valence-corrected chi connectivity index (χ2v) is 7.10. The van der Waals surface area contributed by atoms with Crippen molar-refractivity contribution in [1.29, 1.82) is 0 Å². The van der Waals surface area contributed by atoms with Crippen molar-refractivity contribution in [3.8, 4) is 0 Å². The molecule has 1 saturated heterocycles. The van der Waals surface area contributed by atoms with Crippen LogP contribution in [-0.2, 0) is 9.59 Å². The average molecular weight is 233 g/mol. The standard InChI is InChI=1S/C9H15NO2S2/c1-8(2)6(7(12)13)10(5-11)9(3,4)14-8/h5-6H,1-4H3,(H,12,13). The number of hydrogen-bond acceptors (Lipinski definition) is 3. The Morgan fingerprint density at radius 1 is 1.43 bits per heavy atom. The first-order chi connectivity index (χ1) is 6.22. The molecule has 1 aliphatic rings. The lowest BCUT2D eigenvalue weighted by atomic mass is 10.0. The molecule has 0 aliphatic carbocycles. The number of rotatable bonds is 2. The SMILES string of the molecule is CC1(C)SC(C)(C)N(C=O)C1C(=O)S. The molecule has 0 aromatic rings. The quantitative estimate of drug-likeness (QED) is 0.580. The number of carbonyl (C=O) groups excluding carboxylic acids is 2. The van der Waals surface area contributed by atoms with E-state index in [-0.39, 0.29) is 14.7 Å². The molecule has 0 aromatic heterocycles. The molecule has 1 atom stereocenters. The predicted molar refractivity (Wildman–Crippen MR) is 61.4 cm³/mol. The van der Waals surface area contributed by atoms with Gasteiger partial charge in [0.2, 0.25) is 11.5 Å². The Morgan fingerprint density at radius 2 is 1.93 bits per heavy atom. The Morgan fingerprint density at radius 3 is 2.21 bits per heavy atom. The molecule has 1 heterocycles. The van der Waals surface area contributed by atoms with E-state index in [0.29, 0.717) is 0 Å². The Kier molecular flexibility index (Phi) is 2.94. The van der Waals surface area contributed by atoms with Crippen LogP contribution in [0.5, 0.6) is 0 Å². The normalized spacial score (nSPS) is 28.9. The van der Waals surface area contributed by atoms with Gasteiger partial charge in [-0.05, 0) is 27.7 Å². The molecular formula is C9H15NO2S2. The smallest absolute Gasteiger partial charge is 0.211 e. The maximum atomic E-state index is 11.4. The third kappa shape index (κ3) is 1.80. The first-order valence-electron chi connectivity index (χ1n) is 4.39. The van der Waals surface area contributed by atoms with Crippen LogP contribution in [0.4, 0.5) is 0 Å². The summed E-state index contributed by atoms with van der Waals surface area (Å²) in [7, 11) is 0. The monoisotopic (exact) mass is 233 g/mol. The summed E-state index contributed by atoms with van der Waals surface area (Å²) < 4.78 is -0.275. The van der Waals surface area contributed by atoms with Gasteiger partial charge < -0.3 is 4.90 Å². The Bertz CT molecular complexity index is 276. The van der Waals surface area contributed by atoms with Crippen LogP contribution in [0.1, 0.15) is 27.7 Å². The molecule has 3 nitrogen and oxygen atoms in total. The lowest BCUT2D eigenvalue weighted by molar-refractivity contribution is -0.129. The molecule has 80 valence electrons. The molecular weight excluding hydrogens is 218 g/mol. The summed E-state index contributed by atoms with van der Waals surface area (Å²) >= 11 is 5.46. The molecule has 5 heteroatoms. The summed E-state index contributed by atoms with van der Waals surface area (Å²) in [5.41, 5.74) is 0. The number of amides is 1. The number of carbonyl (C=O) groups is 2. The molecule has 1 aliphatic heterocycles. The highest BCUT2D eigenvalue weighted by atomic mass is 32.2. The maximum Gasteiger partial charge on any atom is 0.211 e. The van der Waals surface area contributed by atoms with Gasteiger partial charge in [-0.2, -0.15) is 0 Å². The van der Waals surface area contributed by atoms with Crippen LogP contribution in [-0.4, -0.2) is 32.1 Å². The van der Waals surface area contributed by atoms with Crippen molar-refractivity contribution in [3.63, 3.8) is 0 Å². The highest BCUT2D eigenvalue weighted by Crippen LogP contribution is 2.50. The maximum absolute atomic E-state index is 11.4. The summed E-state index contributed by atoms with van der Waals surface area (Å²) in [5, 5.41) is -0.250. The fourth-order valence-electron chi connectivity index (χ4n) is 2.00. The van der Waals surface area contributed by atoms with Crippen LogP contribution in [0.25, 0.3) is 0 Å². The van der Waals surface area contributed by atoms with Crippen molar-refractivity contribution in [3.05, 3.63) is 0 Å². The van der Waals surface area contributed by atoms with Crippen molar-refractivity contribution in [2.75, 3.05) is 0 Å². The lowest BCUT2D eigenvalue weighted by Crippen LogP contribution is -2.48. The molecule has 0 bridgehead atoms. The molecule has 1 fully saturated rings. The molecule has 0 aromatic carbocycles. The minimum absolute atomic E-state index is 0.250. The van der Waals surface area contributed by atoms with Gasteiger partial charge >= 0.3 is 0 Å². The fraction of sp³-hybridized carbons (Fsp3) is 0.778. The zero-order valence-corrected chi connectivity index (χ0v) is 10.5. The van der Waals surface area contributed by atoms with Gasteiger partial charge in [0.25, 0.3) is 0 Å². The first-order valence-corrected chi connectivity index (χ1v) is 5.65. The number of thioether (sulfide) groups is 1. The minimum atomic E-state index is -0.441. The van der Waals surface area contributed by atoms with Crippen molar-refractivity contribution >= 4 is 35.9 Å². The summed E-state index contributed by atoms with van der Waals surface area (Å²) in [4.78, 5) is 23.5. The average Bonchev–Trinajstić information content (AvgIpc) is 2.13. The third-order valence-corrected chi connectivity index (χ3v) is 4.12. The van der Waals surface area contributed by atoms with E-state index in [2.05, 4.69) is 12.6 Å². The Hall–Kier alpha value is -0.160. The highest BCUT2D eigenvalue weighted by molar-refractivity contribution is 8.02. The van der Waals surface area contributed by atoms with Crippen molar-refractivity contribution in [2.24, 2.45) is 0 Å². The molecule has 0 spiro atoms. The van der Waals surface area contributed by atoms with E-state index in [9.17, 15) is 9.59 Å². The van der Waals surface area contributed by atoms with Gasteiger partial charge in [0.15, 0.2) is 0 Å². The summed E-state index contributed by atoms with van der Waals surface area (Å²) in [6, 6.07) is -0.441. The molecule has 1 rings (SSSR count). The zero-order valence-electron chi connectivity index (χ0n) is 8.77. The Balaban J connectivity index is 3.12. The fourth-order valence-corrected chi connectivity index (χ4v) is 4.41. The van der Waals surface area contributed by atoms with Gasteiger partial charge in [-0.25, -0.2) is 0 Å². The van der Waals surface area contributed by atoms with Gasteiger partial charge in [0.05, 0.1) is 4.87 Å². The third-order valence-electron chi connectivity index (χ3n) is 2.42. The number of hydrogen-bond donors (Lipinski definition) is 1. The molecule has 0 saturated carbocycles. The predicted octanol–water partition coefficient (Wildman–Crippen LogP) is 1.53. The van der Waals surface area contributed by atoms with Gasteiger partial charge in [-0.3, -0.25) is 9.59 Å². The van der Waals surface area contributed by atoms with E-state index < -0.39 is 6.04 Å². The van der Waals surface area contributed by atoms with E-state index in [0.717, 1.165) is 6.41 Å². The first kappa shape index (κ1) is 11.9. The van der Waals surface area contributed by atoms with Gasteiger partial charge in [-0.1, -0.05) is 0 Å². The molecule has 1 unspecified atom stereocenters. The number of nitrogens with zero attached hydrogens (tertiary/aromatic N) is 1. The zero-order chi connectivity index (χ0) is 11.1. The molecule has 0 N–H and O–H groups in total. The second kappa shape index (κ2) is 3.45. The van der Waals surface area contributed by atoms with Crippen molar-refractivity contribution < 1.29 is 9.59 Å². The van der Waals surface area contributed by atoms with Crippen LogP contribution in [0, 0.1) is 0 Å². The second-order valence-electron chi connectivity index (χ2n) is 4.41. The van der Waals surface area contributed by atoms with E-state index >= 15 is 0 Å².